The average Bonchev–Trinajstić information content (AvgIpc) is 3.28. The molecule has 0 spiro atoms. The third-order valence-electron chi connectivity index (χ3n) is 3.22. The Hall–Kier alpha value is -3.89. The fourth-order valence-corrected chi connectivity index (χ4v) is 2.02. The largest absolute Gasteiger partial charge is 0.454 e. The van der Waals surface area contributed by atoms with E-state index in [1.54, 1.807) is 12.1 Å². The van der Waals surface area contributed by atoms with Gasteiger partial charge >= 0.3 is 5.88 Å². The van der Waals surface area contributed by atoms with Crippen LogP contribution in [0.15, 0.2) is 39.9 Å². The van der Waals surface area contributed by atoms with Crippen molar-refractivity contribution in [3.05, 3.63) is 51.8 Å². The smallest absolute Gasteiger partial charge is 0.433 e. The second kappa shape index (κ2) is 7.34. The maximum Gasteiger partial charge on any atom is 0.433 e. The quantitative estimate of drug-likeness (QED) is 0.440. The van der Waals surface area contributed by atoms with Crippen LogP contribution in [0, 0.1) is 10.1 Å². The molecule has 2 N–H and O–H groups in total. The second-order valence-corrected chi connectivity index (χ2v) is 4.98. The Morgan fingerprint density at radius 1 is 1.23 bits per heavy atom. The number of furan rings is 1. The predicted octanol–water partition coefficient (Wildman–Crippen LogP) is 0.797. The molecule has 0 atom stereocenters. The minimum atomic E-state index is -0.693. The first kappa shape index (κ1) is 17.0. The molecule has 2 heterocycles. The lowest BCUT2D eigenvalue weighted by Gasteiger charge is -2.05. The molecule has 3 rings (SSSR count). The van der Waals surface area contributed by atoms with E-state index in [9.17, 15) is 19.7 Å². The molecular formula is C15H12N4O7. The number of nitrogens with zero attached hydrogens (tertiary/aromatic N) is 2. The van der Waals surface area contributed by atoms with Gasteiger partial charge in [0.15, 0.2) is 17.3 Å². The fourth-order valence-electron chi connectivity index (χ4n) is 2.02. The van der Waals surface area contributed by atoms with E-state index >= 15 is 0 Å². The number of hydrogen-bond donors (Lipinski definition) is 2. The number of fused-ring (bicyclic) bond motifs is 1. The number of ether oxygens (including phenoxy) is 2. The zero-order chi connectivity index (χ0) is 18.5. The maximum absolute atomic E-state index is 12.0. The number of hydrazone groups is 1. The van der Waals surface area contributed by atoms with E-state index in [2.05, 4.69) is 15.8 Å². The summed E-state index contributed by atoms with van der Waals surface area (Å²) in [6.45, 7) is -0.220. The fraction of sp³-hybridized carbons (Fsp3) is 0.133. The van der Waals surface area contributed by atoms with Crippen LogP contribution >= 0.6 is 0 Å². The number of carbonyl (C=O) groups is 2. The molecule has 0 saturated carbocycles. The molecule has 0 bridgehead atoms. The predicted molar refractivity (Wildman–Crippen MR) is 86.0 cm³/mol. The van der Waals surface area contributed by atoms with Crippen molar-refractivity contribution < 1.29 is 28.4 Å². The van der Waals surface area contributed by atoms with Gasteiger partial charge in [-0.05, 0) is 24.3 Å². The zero-order valence-electron chi connectivity index (χ0n) is 13.1. The topological polar surface area (TPSA) is 145 Å². The van der Waals surface area contributed by atoms with Crippen LogP contribution in [0.4, 0.5) is 5.88 Å². The molecule has 1 aliphatic rings. The van der Waals surface area contributed by atoms with E-state index in [1.807, 2.05) is 0 Å². The van der Waals surface area contributed by atoms with Crippen LogP contribution in [0.5, 0.6) is 11.5 Å². The summed E-state index contributed by atoms with van der Waals surface area (Å²) in [7, 11) is 0. The van der Waals surface area contributed by atoms with Crippen LogP contribution in [-0.4, -0.2) is 36.3 Å². The number of nitro groups is 1. The molecule has 11 nitrogen and oxygen atoms in total. The Kier molecular flexibility index (Phi) is 4.78. The number of benzene rings is 1. The van der Waals surface area contributed by atoms with Crippen molar-refractivity contribution in [1.29, 1.82) is 0 Å². The zero-order valence-corrected chi connectivity index (χ0v) is 13.1. The van der Waals surface area contributed by atoms with Gasteiger partial charge < -0.3 is 19.2 Å². The summed E-state index contributed by atoms with van der Waals surface area (Å²) in [6.07, 6.45) is 1.10. The molecular weight excluding hydrogens is 348 g/mol. The summed E-state index contributed by atoms with van der Waals surface area (Å²) in [6, 6.07) is 7.15. The van der Waals surface area contributed by atoms with Gasteiger partial charge in [0.25, 0.3) is 11.8 Å². The van der Waals surface area contributed by atoms with Gasteiger partial charge in [-0.1, -0.05) is 0 Å². The highest BCUT2D eigenvalue weighted by atomic mass is 16.7. The van der Waals surface area contributed by atoms with Crippen LogP contribution in [0.2, 0.25) is 0 Å². The molecule has 0 radical (unpaired) electrons. The second-order valence-electron chi connectivity index (χ2n) is 4.98. The molecule has 11 heteroatoms. The van der Waals surface area contributed by atoms with E-state index in [0.29, 0.717) is 17.1 Å². The van der Waals surface area contributed by atoms with Crippen molar-refractivity contribution >= 4 is 23.9 Å². The molecule has 0 saturated heterocycles. The van der Waals surface area contributed by atoms with Crippen LogP contribution in [-0.2, 0) is 4.79 Å². The van der Waals surface area contributed by atoms with Crippen molar-refractivity contribution in [3.8, 4) is 11.5 Å². The number of amides is 2. The van der Waals surface area contributed by atoms with Crippen molar-refractivity contribution in [2.75, 3.05) is 13.3 Å². The van der Waals surface area contributed by atoms with E-state index in [0.717, 1.165) is 12.3 Å². The molecule has 0 unspecified atom stereocenters. The van der Waals surface area contributed by atoms with E-state index < -0.39 is 22.6 Å². The number of rotatable bonds is 6. The van der Waals surface area contributed by atoms with Crippen LogP contribution < -0.4 is 20.2 Å². The van der Waals surface area contributed by atoms with Crippen molar-refractivity contribution in [3.63, 3.8) is 0 Å². The molecule has 1 aromatic carbocycles. The van der Waals surface area contributed by atoms with Crippen LogP contribution in [0.1, 0.15) is 16.1 Å². The maximum atomic E-state index is 12.0. The van der Waals surface area contributed by atoms with E-state index in [1.165, 1.54) is 12.1 Å². The van der Waals surface area contributed by atoms with Gasteiger partial charge in [0.1, 0.15) is 4.92 Å². The Morgan fingerprint density at radius 3 is 2.81 bits per heavy atom. The lowest BCUT2D eigenvalue weighted by Crippen LogP contribution is -2.34. The van der Waals surface area contributed by atoms with Crippen LogP contribution in [0.3, 0.4) is 0 Å². The Bertz CT molecular complexity index is 890. The average molecular weight is 360 g/mol. The molecule has 0 fully saturated rings. The molecule has 2 amide bonds. The van der Waals surface area contributed by atoms with Crippen molar-refractivity contribution in [1.82, 2.24) is 10.7 Å². The molecule has 134 valence electrons. The standard InChI is InChI=1S/C15H12N4O7/c20-13(18-17-6-10-2-4-14(26-10)19(22)23)7-16-15(21)9-1-3-11-12(5-9)25-8-24-11/h1-6H,7-8H2,(H,16,21)(H,18,20). The third kappa shape index (κ3) is 3.95. The molecule has 0 aliphatic carbocycles. The molecule has 26 heavy (non-hydrogen) atoms. The number of hydrogen-bond acceptors (Lipinski definition) is 8. The monoisotopic (exact) mass is 360 g/mol. The first-order valence-electron chi connectivity index (χ1n) is 7.27. The summed E-state index contributed by atoms with van der Waals surface area (Å²) in [5, 5.41) is 16.5. The summed E-state index contributed by atoms with van der Waals surface area (Å²) in [5.74, 6) is -0.387. The summed E-state index contributed by atoms with van der Waals surface area (Å²) >= 11 is 0. The number of nitrogens with one attached hydrogen (secondary N) is 2. The highest BCUT2D eigenvalue weighted by Gasteiger charge is 2.16. The van der Waals surface area contributed by atoms with Gasteiger partial charge in [-0.15, -0.1) is 0 Å². The van der Waals surface area contributed by atoms with Crippen molar-refractivity contribution in [2.24, 2.45) is 5.10 Å². The summed E-state index contributed by atoms with van der Waals surface area (Å²) in [4.78, 5) is 33.4. The number of carbonyl (C=O) groups excluding carboxylic acids is 2. The first-order valence-corrected chi connectivity index (χ1v) is 7.27. The van der Waals surface area contributed by atoms with Gasteiger partial charge in [-0.25, -0.2) is 5.43 Å². The van der Waals surface area contributed by atoms with Gasteiger partial charge in [-0.2, -0.15) is 5.10 Å². The molecule has 1 aliphatic heterocycles. The Morgan fingerprint density at radius 2 is 2.04 bits per heavy atom. The molecule has 1 aromatic heterocycles. The van der Waals surface area contributed by atoms with Gasteiger partial charge in [0.05, 0.1) is 18.8 Å². The molecule has 2 aromatic rings. The van der Waals surface area contributed by atoms with Crippen LogP contribution in [0.25, 0.3) is 0 Å². The SMILES string of the molecule is O=C(CNC(=O)c1ccc2c(c1)OCO2)NN=Cc1ccc([N+](=O)[O-])o1. The highest BCUT2D eigenvalue weighted by Crippen LogP contribution is 2.32. The summed E-state index contributed by atoms with van der Waals surface area (Å²) < 4.78 is 15.2. The normalized spacial score (nSPS) is 12.2. The van der Waals surface area contributed by atoms with Gasteiger partial charge in [0.2, 0.25) is 6.79 Å². The minimum absolute atomic E-state index is 0.0969. The van der Waals surface area contributed by atoms with Gasteiger partial charge in [-0.3, -0.25) is 19.7 Å². The minimum Gasteiger partial charge on any atom is -0.454 e. The van der Waals surface area contributed by atoms with E-state index in [-0.39, 0.29) is 19.1 Å². The third-order valence-corrected chi connectivity index (χ3v) is 3.22. The lowest BCUT2D eigenvalue weighted by atomic mass is 10.2. The van der Waals surface area contributed by atoms with E-state index in [4.69, 9.17) is 13.9 Å². The van der Waals surface area contributed by atoms with Gasteiger partial charge in [0, 0.05) is 5.56 Å². The Labute approximate surface area is 145 Å². The summed E-state index contributed by atoms with van der Waals surface area (Å²) in [5.41, 5.74) is 2.47. The van der Waals surface area contributed by atoms with Crippen molar-refractivity contribution in [2.45, 2.75) is 0 Å². The highest BCUT2D eigenvalue weighted by molar-refractivity contribution is 5.97. The Balaban J connectivity index is 1.46. The lowest BCUT2D eigenvalue weighted by molar-refractivity contribution is -0.402. The first-order chi connectivity index (χ1) is 12.5.